The van der Waals surface area contributed by atoms with E-state index in [2.05, 4.69) is 15.4 Å². The summed E-state index contributed by atoms with van der Waals surface area (Å²) < 4.78 is 24.8. The first-order valence-electron chi connectivity index (χ1n) is 6.64. The van der Waals surface area contributed by atoms with Crippen molar-refractivity contribution in [3.8, 4) is 0 Å². The Labute approximate surface area is 129 Å². The van der Waals surface area contributed by atoms with E-state index < -0.39 is 10.0 Å². The van der Waals surface area contributed by atoms with Gasteiger partial charge >= 0.3 is 0 Å². The molecule has 1 aliphatic rings. The molecule has 0 aliphatic carbocycles. The Morgan fingerprint density at radius 2 is 2.19 bits per heavy atom. The second-order valence-electron chi connectivity index (χ2n) is 5.10. The lowest BCUT2D eigenvalue weighted by atomic mass is 9.99. The van der Waals surface area contributed by atoms with E-state index >= 15 is 0 Å². The first kappa shape index (κ1) is 16.1. The Morgan fingerprint density at radius 1 is 1.43 bits per heavy atom. The van der Waals surface area contributed by atoms with Crippen molar-refractivity contribution >= 4 is 38.9 Å². The zero-order valence-corrected chi connectivity index (χ0v) is 13.2. The molecule has 1 atom stereocenters. The van der Waals surface area contributed by atoms with Gasteiger partial charge in [-0.15, -0.1) is 0 Å². The summed E-state index contributed by atoms with van der Waals surface area (Å²) in [5.74, 6) is -0.207. The lowest BCUT2D eigenvalue weighted by Gasteiger charge is -2.22. The van der Waals surface area contributed by atoms with Crippen LogP contribution < -0.4 is 15.4 Å². The van der Waals surface area contributed by atoms with Gasteiger partial charge in [-0.1, -0.05) is 11.6 Å². The smallest absolute Gasteiger partial charge is 0.229 e. The summed E-state index contributed by atoms with van der Waals surface area (Å²) >= 11 is 6.04. The molecule has 21 heavy (non-hydrogen) atoms. The number of carbonyl (C=O) groups excluding carboxylic acids is 1. The van der Waals surface area contributed by atoms with Gasteiger partial charge in [0.25, 0.3) is 0 Å². The zero-order valence-electron chi connectivity index (χ0n) is 11.6. The van der Waals surface area contributed by atoms with Crippen molar-refractivity contribution in [1.29, 1.82) is 0 Å². The van der Waals surface area contributed by atoms with Crippen LogP contribution >= 0.6 is 11.6 Å². The number of sulfonamides is 1. The molecule has 0 bridgehead atoms. The molecule has 1 amide bonds. The van der Waals surface area contributed by atoms with Gasteiger partial charge in [-0.05, 0) is 37.6 Å². The van der Waals surface area contributed by atoms with E-state index in [9.17, 15) is 13.2 Å². The molecular weight excluding hydrogens is 314 g/mol. The van der Waals surface area contributed by atoms with Crippen molar-refractivity contribution in [3.05, 3.63) is 23.2 Å². The van der Waals surface area contributed by atoms with Gasteiger partial charge in [0, 0.05) is 6.54 Å². The molecule has 1 aromatic carbocycles. The Kier molecular flexibility index (Phi) is 5.08. The summed E-state index contributed by atoms with van der Waals surface area (Å²) in [5, 5.41) is 6.30. The van der Waals surface area contributed by atoms with Crippen LogP contribution in [0.5, 0.6) is 0 Å². The molecule has 0 radical (unpaired) electrons. The van der Waals surface area contributed by atoms with Gasteiger partial charge in [-0.3, -0.25) is 9.52 Å². The third-order valence-electron chi connectivity index (χ3n) is 3.20. The predicted molar refractivity (Wildman–Crippen MR) is 84.1 cm³/mol. The largest absolute Gasteiger partial charge is 0.324 e. The number of piperidine rings is 1. The summed E-state index contributed by atoms with van der Waals surface area (Å²) in [5.41, 5.74) is 0.764. The summed E-state index contributed by atoms with van der Waals surface area (Å²) in [6.07, 6.45) is 2.85. The number of hydrogen-bond acceptors (Lipinski definition) is 4. The van der Waals surface area contributed by atoms with Crippen LogP contribution in [0, 0.1) is 5.92 Å². The number of halogens is 1. The molecule has 1 heterocycles. The van der Waals surface area contributed by atoms with Crippen LogP contribution in [0.2, 0.25) is 5.02 Å². The second kappa shape index (κ2) is 6.64. The topological polar surface area (TPSA) is 87.3 Å². The molecule has 0 unspecified atom stereocenters. The summed E-state index contributed by atoms with van der Waals surface area (Å²) in [7, 11) is -3.37. The minimum absolute atomic E-state index is 0.0960. The van der Waals surface area contributed by atoms with Crippen LogP contribution in [0.4, 0.5) is 11.4 Å². The Hall–Kier alpha value is -1.31. The van der Waals surface area contributed by atoms with Crippen LogP contribution in [0.25, 0.3) is 0 Å². The number of anilines is 2. The van der Waals surface area contributed by atoms with E-state index in [0.29, 0.717) is 22.9 Å². The average Bonchev–Trinajstić information content (AvgIpc) is 2.42. The fourth-order valence-corrected chi connectivity index (χ4v) is 2.93. The van der Waals surface area contributed by atoms with E-state index in [1.807, 2.05) is 0 Å². The van der Waals surface area contributed by atoms with Gasteiger partial charge < -0.3 is 10.6 Å². The van der Waals surface area contributed by atoms with Gasteiger partial charge in [-0.2, -0.15) is 0 Å². The molecule has 2 rings (SSSR count). The summed E-state index contributed by atoms with van der Waals surface area (Å²) in [6.45, 7) is 1.57. The van der Waals surface area contributed by atoms with Crippen molar-refractivity contribution < 1.29 is 13.2 Å². The highest BCUT2D eigenvalue weighted by Crippen LogP contribution is 2.27. The van der Waals surface area contributed by atoms with E-state index in [4.69, 9.17) is 11.6 Å². The highest BCUT2D eigenvalue weighted by molar-refractivity contribution is 7.92. The highest BCUT2D eigenvalue weighted by Gasteiger charge is 2.21. The van der Waals surface area contributed by atoms with Gasteiger partial charge in [0.05, 0.1) is 28.6 Å². The number of carbonyl (C=O) groups is 1. The first-order chi connectivity index (χ1) is 9.85. The molecule has 8 heteroatoms. The maximum Gasteiger partial charge on any atom is 0.229 e. The van der Waals surface area contributed by atoms with Crippen molar-refractivity contribution in [2.45, 2.75) is 12.8 Å². The number of benzene rings is 1. The predicted octanol–water partition coefficient (Wildman–Crippen LogP) is 1.65. The van der Waals surface area contributed by atoms with E-state index in [1.165, 1.54) is 6.07 Å². The molecule has 6 nitrogen and oxygen atoms in total. The Morgan fingerprint density at radius 3 is 2.81 bits per heavy atom. The van der Waals surface area contributed by atoms with Gasteiger partial charge in [0.15, 0.2) is 0 Å². The molecular formula is C13H18ClN3O3S. The number of amides is 1. The molecule has 0 aromatic heterocycles. The van der Waals surface area contributed by atoms with Crippen LogP contribution in [0.15, 0.2) is 18.2 Å². The highest BCUT2D eigenvalue weighted by atomic mass is 35.5. The maximum atomic E-state index is 12.2. The van der Waals surface area contributed by atoms with E-state index in [1.54, 1.807) is 12.1 Å². The van der Waals surface area contributed by atoms with E-state index in [0.717, 1.165) is 25.6 Å². The Balaban J connectivity index is 2.11. The number of nitrogens with one attached hydrogen (secondary N) is 3. The second-order valence-corrected chi connectivity index (χ2v) is 7.26. The minimum Gasteiger partial charge on any atom is -0.324 e. The lowest BCUT2D eigenvalue weighted by Crippen LogP contribution is -2.37. The molecule has 0 saturated carbocycles. The average molecular weight is 332 g/mol. The normalized spacial score (nSPS) is 19.0. The fraction of sp³-hybridized carbons (Fsp3) is 0.462. The molecule has 116 valence electrons. The number of rotatable bonds is 4. The van der Waals surface area contributed by atoms with Crippen molar-refractivity contribution in [2.24, 2.45) is 5.92 Å². The summed E-state index contributed by atoms with van der Waals surface area (Å²) in [6, 6.07) is 4.60. The molecule has 1 aliphatic heterocycles. The lowest BCUT2D eigenvalue weighted by molar-refractivity contribution is -0.120. The van der Waals surface area contributed by atoms with Crippen LogP contribution in [-0.2, 0) is 14.8 Å². The fourth-order valence-electron chi connectivity index (χ4n) is 2.21. The minimum atomic E-state index is -3.37. The molecule has 1 fully saturated rings. The van der Waals surface area contributed by atoms with Crippen molar-refractivity contribution in [2.75, 3.05) is 29.4 Å². The molecule has 1 saturated heterocycles. The molecule has 3 N–H and O–H groups in total. The third-order valence-corrected chi connectivity index (χ3v) is 4.13. The first-order valence-corrected chi connectivity index (χ1v) is 8.91. The quantitative estimate of drug-likeness (QED) is 0.783. The van der Waals surface area contributed by atoms with Gasteiger partial charge in [0.2, 0.25) is 15.9 Å². The van der Waals surface area contributed by atoms with Crippen molar-refractivity contribution in [1.82, 2.24) is 5.32 Å². The van der Waals surface area contributed by atoms with Gasteiger partial charge in [-0.25, -0.2) is 8.42 Å². The van der Waals surface area contributed by atoms with Crippen LogP contribution in [-0.4, -0.2) is 33.7 Å². The summed E-state index contributed by atoms with van der Waals surface area (Å²) in [4.78, 5) is 12.2. The zero-order chi connectivity index (χ0) is 15.5. The monoisotopic (exact) mass is 331 g/mol. The van der Waals surface area contributed by atoms with Crippen LogP contribution in [0.3, 0.4) is 0 Å². The number of hydrogen-bond donors (Lipinski definition) is 3. The standard InChI is InChI=1S/C13H18ClN3O3S/c1-21(19,20)17-10-4-5-11(14)12(7-10)16-13(18)9-3-2-6-15-8-9/h4-5,7,9,15,17H,2-3,6,8H2,1H3,(H,16,18)/t9-/m0/s1. The SMILES string of the molecule is CS(=O)(=O)Nc1ccc(Cl)c(NC(=O)[C@H]2CCCNC2)c1. The molecule has 0 spiro atoms. The van der Waals surface area contributed by atoms with Crippen molar-refractivity contribution in [3.63, 3.8) is 0 Å². The maximum absolute atomic E-state index is 12.2. The third kappa shape index (κ3) is 4.87. The van der Waals surface area contributed by atoms with Crippen LogP contribution in [0.1, 0.15) is 12.8 Å². The molecule has 1 aromatic rings. The van der Waals surface area contributed by atoms with E-state index in [-0.39, 0.29) is 11.8 Å². The Bertz CT molecular complexity index is 628. The van der Waals surface area contributed by atoms with Gasteiger partial charge in [0.1, 0.15) is 0 Å².